The predicted octanol–water partition coefficient (Wildman–Crippen LogP) is 2.80. The Morgan fingerprint density at radius 3 is 3.05 bits per heavy atom. The second kappa shape index (κ2) is 5.25. The molecule has 0 saturated carbocycles. The number of carbonyl (C=O) groups excluding carboxylic acids is 1. The van der Waals surface area contributed by atoms with E-state index in [-0.39, 0.29) is 5.91 Å². The van der Waals surface area contributed by atoms with Gasteiger partial charge in [0.15, 0.2) is 0 Å². The van der Waals surface area contributed by atoms with Crippen molar-refractivity contribution in [1.82, 2.24) is 9.88 Å². The number of hydrogen-bond donors (Lipinski definition) is 1. The van der Waals surface area contributed by atoms with Crippen molar-refractivity contribution in [2.45, 2.75) is 12.8 Å². The van der Waals surface area contributed by atoms with Gasteiger partial charge in [-0.05, 0) is 41.5 Å². The van der Waals surface area contributed by atoms with E-state index >= 15 is 0 Å². The third-order valence-electron chi connectivity index (χ3n) is 3.80. The topological polar surface area (TPSA) is 36.1 Å². The number of halogens is 1. The first-order valence-electron chi connectivity index (χ1n) is 6.66. The number of nitrogens with zero attached hydrogens (tertiary/aromatic N) is 1. The number of hydrogen-bond acceptors (Lipinski definition) is 1. The van der Waals surface area contributed by atoms with Crippen LogP contribution in [-0.2, 0) is 11.2 Å². The molecule has 3 nitrogen and oxygen atoms in total. The summed E-state index contributed by atoms with van der Waals surface area (Å²) in [5.41, 5.74) is 2.43. The number of carbonyl (C=O) groups is 1. The normalized spacial score (nSPS) is 19.5. The van der Waals surface area contributed by atoms with Crippen molar-refractivity contribution in [1.29, 1.82) is 0 Å². The summed E-state index contributed by atoms with van der Waals surface area (Å²) in [5, 5.41) is 1.23. The Labute approximate surface area is 117 Å². The molecular weight excluding hydrogens is 260 g/mol. The molecule has 1 amide bonds. The van der Waals surface area contributed by atoms with Gasteiger partial charge in [-0.1, -0.05) is 6.07 Å². The molecule has 1 unspecified atom stereocenters. The minimum Gasteiger partial charge on any atom is -0.361 e. The number of fused-ring (bicyclic) bond motifs is 1. The number of alkyl halides is 1. The van der Waals surface area contributed by atoms with Crippen molar-refractivity contribution >= 4 is 28.4 Å². The molecule has 2 aromatic rings. The van der Waals surface area contributed by atoms with E-state index in [4.69, 9.17) is 11.6 Å². The number of benzene rings is 1. The van der Waals surface area contributed by atoms with Gasteiger partial charge in [-0.15, -0.1) is 11.6 Å². The van der Waals surface area contributed by atoms with E-state index in [9.17, 15) is 4.79 Å². The summed E-state index contributed by atoms with van der Waals surface area (Å²) in [5.74, 6) is 1.16. The lowest BCUT2D eigenvalue weighted by Crippen LogP contribution is -2.27. The Hall–Kier alpha value is -1.48. The summed E-state index contributed by atoms with van der Waals surface area (Å²) >= 11 is 5.83. The van der Waals surface area contributed by atoms with Crippen LogP contribution in [0.3, 0.4) is 0 Å². The lowest BCUT2D eigenvalue weighted by molar-refractivity contribution is -0.127. The molecule has 19 heavy (non-hydrogen) atoms. The van der Waals surface area contributed by atoms with E-state index < -0.39 is 0 Å². The van der Waals surface area contributed by atoms with Gasteiger partial charge in [0, 0.05) is 37.1 Å². The fraction of sp³-hybridized carbons (Fsp3) is 0.400. The maximum atomic E-state index is 11.8. The van der Waals surface area contributed by atoms with Crippen LogP contribution in [0.5, 0.6) is 0 Å². The SMILES string of the molecule is O=C1CC(CCl)CN1CCc1ccc2[nH]ccc2c1. The summed E-state index contributed by atoms with van der Waals surface area (Å²) in [7, 11) is 0. The van der Waals surface area contributed by atoms with Crippen LogP contribution >= 0.6 is 11.6 Å². The maximum Gasteiger partial charge on any atom is 0.222 e. The highest BCUT2D eigenvalue weighted by Gasteiger charge is 2.28. The zero-order valence-electron chi connectivity index (χ0n) is 10.7. The summed E-state index contributed by atoms with van der Waals surface area (Å²) in [4.78, 5) is 16.9. The van der Waals surface area contributed by atoms with Crippen molar-refractivity contribution in [3.8, 4) is 0 Å². The third-order valence-corrected chi connectivity index (χ3v) is 4.24. The van der Waals surface area contributed by atoms with Gasteiger partial charge in [-0.2, -0.15) is 0 Å². The fourth-order valence-electron chi connectivity index (χ4n) is 2.70. The van der Waals surface area contributed by atoms with E-state index in [0.717, 1.165) is 25.0 Å². The molecule has 1 aliphatic heterocycles. The molecule has 1 aromatic heterocycles. The number of rotatable bonds is 4. The second-order valence-electron chi connectivity index (χ2n) is 5.21. The molecule has 1 atom stereocenters. The molecule has 4 heteroatoms. The van der Waals surface area contributed by atoms with Crippen LogP contribution in [0.15, 0.2) is 30.5 Å². The zero-order valence-corrected chi connectivity index (χ0v) is 11.5. The van der Waals surface area contributed by atoms with E-state index in [1.165, 1.54) is 10.9 Å². The largest absolute Gasteiger partial charge is 0.361 e. The Bertz CT molecular complexity index is 593. The number of aromatic nitrogens is 1. The molecule has 2 heterocycles. The quantitative estimate of drug-likeness (QED) is 0.857. The van der Waals surface area contributed by atoms with E-state index in [2.05, 4.69) is 29.2 Å². The molecule has 1 saturated heterocycles. The highest BCUT2D eigenvalue weighted by atomic mass is 35.5. The van der Waals surface area contributed by atoms with Crippen LogP contribution in [0, 0.1) is 5.92 Å². The second-order valence-corrected chi connectivity index (χ2v) is 5.52. The smallest absolute Gasteiger partial charge is 0.222 e. The average molecular weight is 277 g/mol. The Morgan fingerprint density at radius 1 is 1.37 bits per heavy atom. The number of likely N-dealkylation sites (tertiary alicyclic amines) is 1. The van der Waals surface area contributed by atoms with Gasteiger partial charge >= 0.3 is 0 Å². The van der Waals surface area contributed by atoms with Crippen LogP contribution in [0.4, 0.5) is 0 Å². The summed E-state index contributed by atoms with van der Waals surface area (Å²) < 4.78 is 0. The van der Waals surface area contributed by atoms with Gasteiger partial charge in [0.25, 0.3) is 0 Å². The van der Waals surface area contributed by atoms with Crippen molar-refractivity contribution in [2.75, 3.05) is 19.0 Å². The molecule has 0 aliphatic carbocycles. The Morgan fingerprint density at radius 2 is 2.26 bits per heavy atom. The first kappa shape index (κ1) is 12.5. The maximum absolute atomic E-state index is 11.8. The molecular formula is C15H17ClN2O. The molecule has 0 bridgehead atoms. The van der Waals surface area contributed by atoms with Gasteiger partial charge in [0.05, 0.1) is 0 Å². The third kappa shape index (κ3) is 2.61. The molecule has 100 valence electrons. The predicted molar refractivity (Wildman–Crippen MR) is 77.4 cm³/mol. The Kier molecular flexibility index (Phi) is 3.47. The van der Waals surface area contributed by atoms with Crippen LogP contribution in [-0.4, -0.2) is 34.8 Å². The van der Waals surface area contributed by atoms with E-state index in [0.29, 0.717) is 18.2 Å². The highest BCUT2D eigenvalue weighted by Crippen LogP contribution is 2.20. The van der Waals surface area contributed by atoms with E-state index in [1.54, 1.807) is 0 Å². The minimum absolute atomic E-state index is 0.244. The monoisotopic (exact) mass is 276 g/mol. The molecule has 1 N–H and O–H groups in total. The molecule has 1 aliphatic rings. The highest BCUT2D eigenvalue weighted by molar-refractivity contribution is 6.18. The lowest BCUT2D eigenvalue weighted by atomic mass is 10.1. The van der Waals surface area contributed by atoms with Crippen LogP contribution in [0.1, 0.15) is 12.0 Å². The molecule has 3 rings (SSSR count). The van der Waals surface area contributed by atoms with Gasteiger partial charge in [0.1, 0.15) is 0 Å². The average Bonchev–Trinajstić information content (AvgIpc) is 3.02. The van der Waals surface area contributed by atoms with Crippen LogP contribution < -0.4 is 0 Å². The van der Waals surface area contributed by atoms with Gasteiger partial charge < -0.3 is 9.88 Å². The van der Waals surface area contributed by atoms with Gasteiger partial charge in [-0.25, -0.2) is 0 Å². The van der Waals surface area contributed by atoms with Crippen molar-refractivity contribution in [3.63, 3.8) is 0 Å². The first-order valence-corrected chi connectivity index (χ1v) is 7.19. The number of aromatic amines is 1. The summed E-state index contributed by atoms with van der Waals surface area (Å²) in [6, 6.07) is 8.48. The number of H-pyrrole nitrogens is 1. The molecule has 1 fully saturated rings. The summed E-state index contributed by atoms with van der Waals surface area (Å²) in [6.45, 7) is 1.61. The van der Waals surface area contributed by atoms with Crippen LogP contribution in [0.25, 0.3) is 10.9 Å². The molecule has 1 aromatic carbocycles. The first-order chi connectivity index (χ1) is 9.26. The molecule has 0 spiro atoms. The Balaban J connectivity index is 1.64. The number of nitrogens with one attached hydrogen (secondary N) is 1. The van der Waals surface area contributed by atoms with E-state index in [1.807, 2.05) is 11.1 Å². The zero-order chi connectivity index (χ0) is 13.2. The van der Waals surface area contributed by atoms with Crippen molar-refractivity contribution in [3.05, 3.63) is 36.0 Å². The summed E-state index contributed by atoms with van der Waals surface area (Å²) in [6.07, 6.45) is 3.46. The van der Waals surface area contributed by atoms with Gasteiger partial charge in [-0.3, -0.25) is 4.79 Å². The van der Waals surface area contributed by atoms with Crippen molar-refractivity contribution < 1.29 is 4.79 Å². The standard InChI is InChI=1S/C15H17ClN2O/c16-9-12-8-15(19)18(10-12)6-4-11-1-2-14-13(7-11)3-5-17-14/h1-3,5,7,12,17H,4,6,8-10H2. The lowest BCUT2D eigenvalue weighted by Gasteiger charge is -2.16. The fourth-order valence-corrected chi connectivity index (χ4v) is 2.90. The van der Waals surface area contributed by atoms with Gasteiger partial charge in [0.2, 0.25) is 5.91 Å². The van der Waals surface area contributed by atoms with Crippen molar-refractivity contribution in [2.24, 2.45) is 5.92 Å². The number of amides is 1. The molecule has 0 radical (unpaired) electrons. The van der Waals surface area contributed by atoms with Crippen LogP contribution in [0.2, 0.25) is 0 Å². The minimum atomic E-state index is 0.244.